The number of nitrogens with zero attached hydrogens (tertiary/aromatic N) is 2. The Morgan fingerprint density at radius 3 is 2.62 bits per heavy atom. The lowest BCUT2D eigenvalue weighted by Gasteiger charge is -2.17. The highest BCUT2D eigenvalue weighted by Gasteiger charge is 2.17. The van der Waals surface area contributed by atoms with Gasteiger partial charge in [0, 0.05) is 23.3 Å². The number of H-pyrrole nitrogens is 1. The quantitative estimate of drug-likeness (QED) is 0.524. The zero-order valence-corrected chi connectivity index (χ0v) is 20.3. The van der Waals surface area contributed by atoms with Gasteiger partial charge in [-0.15, -0.1) is 23.1 Å². The van der Waals surface area contributed by atoms with Crippen LogP contribution in [0.25, 0.3) is 10.2 Å². The Morgan fingerprint density at radius 2 is 1.97 bits per heavy atom. The number of fused-ring (bicyclic) bond motifs is 1. The molecule has 0 aliphatic rings. The number of nitrogens with one attached hydrogen (secondary N) is 2. The lowest BCUT2D eigenvalue weighted by atomic mass is 10.2. The van der Waals surface area contributed by atoms with Gasteiger partial charge in [-0.1, -0.05) is 0 Å². The predicted molar refractivity (Wildman–Crippen MR) is 131 cm³/mol. The minimum absolute atomic E-state index is 0.141. The molecule has 10 heteroatoms. The largest absolute Gasteiger partial charge is 0.449 e. The third-order valence-corrected chi connectivity index (χ3v) is 7.25. The molecule has 3 aromatic rings. The summed E-state index contributed by atoms with van der Waals surface area (Å²) in [7, 11) is 1.62. The molecule has 0 radical (unpaired) electrons. The Balaban J connectivity index is 1.59. The minimum Gasteiger partial charge on any atom is -0.449 e. The van der Waals surface area contributed by atoms with Crippen LogP contribution in [0.15, 0.2) is 29.1 Å². The maximum atomic E-state index is 12.6. The zero-order valence-electron chi connectivity index (χ0n) is 18.6. The van der Waals surface area contributed by atoms with E-state index >= 15 is 0 Å². The van der Waals surface area contributed by atoms with Crippen molar-refractivity contribution in [3.63, 3.8) is 0 Å². The van der Waals surface area contributed by atoms with E-state index in [2.05, 4.69) is 15.3 Å². The van der Waals surface area contributed by atoms with Gasteiger partial charge in [0.2, 0.25) is 5.91 Å². The molecule has 3 rings (SSSR count). The standard InChI is InChI=1S/C22H26N4O4S2/c1-6-30-22(29)26(5)16-9-7-15(8-10-16)23-19(27)14(4)31-11-17-24-20(28)18-12(2)13(3)32-21(18)25-17/h7-10,14H,6,11H2,1-5H3,(H,23,27)(H,24,25,28). The lowest BCUT2D eigenvalue weighted by molar-refractivity contribution is -0.115. The molecule has 0 saturated heterocycles. The summed E-state index contributed by atoms with van der Waals surface area (Å²) in [6.07, 6.45) is -0.438. The third kappa shape index (κ3) is 5.31. The van der Waals surface area contributed by atoms with Crippen molar-refractivity contribution in [2.45, 2.75) is 38.7 Å². The summed E-state index contributed by atoms with van der Waals surface area (Å²) in [5.41, 5.74) is 2.11. The monoisotopic (exact) mass is 474 g/mol. The average molecular weight is 475 g/mol. The van der Waals surface area contributed by atoms with Gasteiger partial charge in [-0.25, -0.2) is 9.78 Å². The van der Waals surface area contributed by atoms with Gasteiger partial charge in [-0.2, -0.15) is 0 Å². The van der Waals surface area contributed by atoms with Crippen molar-refractivity contribution in [1.82, 2.24) is 9.97 Å². The number of aromatic nitrogens is 2. The normalized spacial score (nSPS) is 11.9. The Bertz CT molecular complexity index is 1190. The number of thiophene rings is 1. The van der Waals surface area contributed by atoms with E-state index < -0.39 is 6.09 Å². The summed E-state index contributed by atoms with van der Waals surface area (Å²) in [4.78, 5) is 47.3. The Kier molecular flexibility index (Phi) is 7.57. The van der Waals surface area contributed by atoms with Gasteiger partial charge in [0.05, 0.1) is 23.0 Å². The van der Waals surface area contributed by atoms with E-state index in [0.29, 0.717) is 34.9 Å². The second kappa shape index (κ2) is 10.2. The Morgan fingerprint density at radius 1 is 1.28 bits per heavy atom. The van der Waals surface area contributed by atoms with E-state index in [1.165, 1.54) is 28.0 Å². The van der Waals surface area contributed by atoms with E-state index in [1.807, 2.05) is 13.8 Å². The highest BCUT2D eigenvalue weighted by Crippen LogP contribution is 2.27. The van der Waals surface area contributed by atoms with Crippen LogP contribution in [-0.2, 0) is 15.3 Å². The first-order valence-electron chi connectivity index (χ1n) is 10.1. The molecule has 0 fully saturated rings. The molecule has 8 nitrogen and oxygen atoms in total. The van der Waals surface area contributed by atoms with Crippen LogP contribution in [0.3, 0.4) is 0 Å². The van der Waals surface area contributed by atoms with Gasteiger partial charge in [-0.3, -0.25) is 14.5 Å². The number of anilines is 2. The highest BCUT2D eigenvalue weighted by molar-refractivity contribution is 7.99. The average Bonchev–Trinajstić information content (AvgIpc) is 3.05. The number of hydrogen-bond acceptors (Lipinski definition) is 7. The van der Waals surface area contributed by atoms with Crippen LogP contribution in [0.1, 0.15) is 30.1 Å². The Labute approximate surface area is 194 Å². The molecule has 1 atom stereocenters. The SMILES string of the molecule is CCOC(=O)N(C)c1ccc(NC(=O)C(C)SCc2nc3sc(C)c(C)c3c(=O)[nH]2)cc1. The molecule has 1 unspecified atom stereocenters. The number of aromatic amines is 1. The fraction of sp³-hybridized carbons (Fsp3) is 0.364. The number of benzene rings is 1. The van der Waals surface area contributed by atoms with Crippen molar-refractivity contribution < 1.29 is 14.3 Å². The molecule has 0 aliphatic carbocycles. The van der Waals surface area contributed by atoms with Gasteiger partial charge in [0.1, 0.15) is 10.7 Å². The second-order valence-electron chi connectivity index (χ2n) is 7.22. The maximum Gasteiger partial charge on any atom is 0.413 e. The number of rotatable bonds is 7. The molecule has 2 heterocycles. The first-order chi connectivity index (χ1) is 15.2. The fourth-order valence-corrected chi connectivity index (χ4v) is 4.79. The number of hydrogen-bond donors (Lipinski definition) is 2. The summed E-state index contributed by atoms with van der Waals surface area (Å²) in [6.45, 7) is 7.76. The molecule has 0 spiro atoms. The molecule has 2 amide bonds. The highest BCUT2D eigenvalue weighted by atomic mass is 32.2. The van der Waals surface area contributed by atoms with Crippen LogP contribution >= 0.6 is 23.1 Å². The Hall–Kier alpha value is -2.85. The number of aryl methyl sites for hydroxylation is 2. The first-order valence-corrected chi connectivity index (χ1v) is 12.0. The van der Waals surface area contributed by atoms with Gasteiger partial charge in [0.15, 0.2) is 0 Å². The van der Waals surface area contributed by atoms with Crippen molar-refractivity contribution in [2.75, 3.05) is 23.9 Å². The van der Waals surface area contributed by atoms with Gasteiger partial charge >= 0.3 is 6.09 Å². The molecule has 2 aromatic heterocycles. The molecule has 0 bridgehead atoms. The van der Waals surface area contributed by atoms with E-state index in [0.717, 1.165) is 15.3 Å². The zero-order chi connectivity index (χ0) is 23.4. The van der Waals surface area contributed by atoms with Crippen LogP contribution in [0.5, 0.6) is 0 Å². The number of thioether (sulfide) groups is 1. The summed E-state index contributed by atoms with van der Waals surface area (Å²) in [6, 6.07) is 6.93. The van der Waals surface area contributed by atoms with Crippen LogP contribution in [0, 0.1) is 13.8 Å². The summed E-state index contributed by atoms with van der Waals surface area (Å²) >= 11 is 2.90. The lowest BCUT2D eigenvalue weighted by Crippen LogP contribution is -2.27. The molecule has 1 aromatic carbocycles. The van der Waals surface area contributed by atoms with E-state index in [1.54, 1.807) is 45.2 Å². The van der Waals surface area contributed by atoms with Gasteiger partial charge in [0.25, 0.3) is 5.56 Å². The molecule has 2 N–H and O–H groups in total. The van der Waals surface area contributed by atoms with Crippen LogP contribution in [-0.4, -0.2) is 40.9 Å². The summed E-state index contributed by atoms with van der Waals surface area (Å²) in [5, 5.41) is 3.15. The number of carbonyl (C=O) groups is 2. The van der Waals surface area contributed by atoms with Crippen molar-refractivity contribution in [1.29, 1.82) is 0 Å². The van der Waals surface area contributed by atoms with E-state index in [4.69, 9.17) is 4.74 Å². The molecule has 170 valence electrons. The van der Waals surface area contributed by atoms with Gasteiger partial charge < -0.3 is 15.0 Å². The van der Waals surface area contributed by atoms with Crippen LogP contribution in [0.4, 0.5) is 16.2 Å². The summed E-state index contributed by atoms with van der Waals surface area (Å²) < 4.78 is 4.97. The van der Waals surface area contributed by atoms with Crippen LogP contribution in [0.2, 0.25) is 0 Å². The fourth-order valence-electron chi connectivity index (χ4n) is 2.99. The van der Waals surface area contributed by atoms with E-state index in [-0.39, 0.29) is 16.7 Å². The smallest absolute Gasteiger partial charge is 0.413 e. The molecular weight excluding hydrogens is 448 g/mol. The molecular formula is C22H26N4O4S2. The van der Waals surface area contributed by atoms with Crippen molar-refractivity contribution >= 4 is 56.7 Å². The molecule has 0 aliphatic heterocycles. The number of carbonyl (C=O) groups excluding carboxylic acids is 2. The van der Waals surface area contributed by atoms with Crippen molar-refractivity contribution in [3.05, 3.63) is 50.9 Å². The number of ether oxygens (including phenoxy) is 1. The topological polar surface area (TPSA) is 104 Å². The predicted octanol–water partition coefficient (Wildman–Crippen LogP) is 4.45. The molecule has 32 heavy (non-hydrogen) atoms. The second-order valence-corrected chi connectivity index (χ2v) is 9.76. The minimum atomic E-state index is -0.438. The molecule has 0 saturated carbocycles. The number of amides is 2. The van der Waals surface area contributed by atoms with Crippen LogP contribution < -0.4 is 15.8 Å². The van der Waals surface area contributed by atoms with Crippen molar-refractivity contribution in [2.24, 2.45) is 0 Å². The van der Waals surface area contributed by atoms with Gasteiger partial charge in [-0.05, 0) is 57.5 Å². The van der Waals surface area contributed by atoms with E-state index in [9.17, 15) is 14.4 Å². The maximum absolute atomic E-state index is 12.6. The van der Waals surface area contributed by atoms with Crippen molar-refractivity contribution in [3.8, 4) is 0 Å². The summed E-state index contributed by atoms with van der Waals surface area (Å²) in [5.74, 6) is 0.812. The first kappa shape index (κ1) is 23.8. The third-order valence-electron chi connectivity index (χ3n) is 4.99.